The number of nitrogen functional groups attached to an aromatic ring is 1. The third-order valence-electron chi connectivity index (χ3n) is 4.37. The van der Waals surface area contributed by atoms with E-state index in [1.807, 2.05) is 24.3 Å². The second-order valence-corrected chi connectivity index (χ2v) is 6.14. The molecule has 1 aliphatic heterocycles. The summed E-state index contributed by atoms with van der Waals surface area (Å²) in [7, 11) is 0. The van der Waals surface area contributed by atoms with Crippen LogP contribution in [0.15, 0.2) is 36.8 Å². The zero-order chi connectivity index (χ0) is 15.8. The van der Waals surface area contributed by atoms with Gasteiger partial charge < -0.3 is 15.0 Å². The van der Waals surface area contributed by atoms with Crippen LogP contribution in [-0.4, -0.2) is 27.7 Å². The molecule has 4 rings (SSSR count). The topological polar surface area (TPSA) is 66.0 Å². The summed E-state index contributed by atoms with van der Waals surface area (Å²) in [6.07, 6.45) is 5.61. The van der Waals surface area contributed by atoms with E-state index in [1.165, 1.54) is 6.33 Å². The van der Waals surface area contributed by atoms with E-state index in [0.717, 1.165) is 53.9 Å². The molecule has 1 aliphatic rings. The summed E-state index contributed by atoms with van der Waals surface area (Å²) in [4.78, 5) is 8.64. The standard InChI is InChI=1S/C17H17ClN4O/c18-16-15-14(11-1-3-12(19)4-2-11)9-22(17(15)21-10-20-16)13-5-7-23-8-6-13/h1-4,9-10,13H,5-8,19H2. The normalized spacial score (nSPS) is 16.0. The maximum absolute atomic E-state index is 6.38. The average molecular weight is 329 g/mol. The van der Waals surface area contributed by atoms with Gasteiger partial charge in [0.25, 0.3) is 0 Å². The van der Waals surface area contributed by atoms with Gasteiger partial charge in [-0.05, 0) is 30.5 Å². The average Bonchev–Trinajstić information content (AvgIpc) is 2.97. The van der Waals surface area contributed by atoms with Gasteiger partial charge in [0.05, 0.1) is 5.39 Å². The summed E-state index contributed by atoms with van der Waals surface area (Å²) in [5, 5.41) is 1.37. The molecule has 0 radical (unpaired) electrons. The molecule has 1 saturated heterocycles. The monoisotopic (exact) mass is 328 g/mol. The Kier molecular flexibility index (Phi) is 3.67. The Morgan fingerprint density at radius 2 is 1.87 bits per heavy atom. The molecule has 6 heteroatoms. The number of anilines is 1. The molecule has 0 atom stereocenters. The van der Waals surface area contributed by atoms with Crippen LogP contribution in [0.3, 0.4) is 0 Å². The van der Waals surface area contributed by atoms with E-state index >= 15 is 0 Å². The number of hydrogen-bond donors (Lipinski definition) is 1. The molecule has 0 saturated carbocycles. The Morgan fingerprint density at radius 3 is 2.61 bits per heavy atom. The molecule has 0 amide bonds. The SMILES string of the molecule is Nc1ccc(-c2cn(C3CCOCC3)c3ncnc(Cl)c23)cc1. The molecular formula is C17H17ClN4O. The zero-order valence-electron chi connectivity index (χ0n) is 12.6. The minimum atomic E-state index is 0.375. The van der Waals surface area contributed by atoms with Crippen molar-refractivity contribution in [3.8, 4) is 11.1 Å². The predicted molar refractivity (Wildman–Crippen MR) is 91.5 cm³/mol. The van der Waals surface area contributed by atoms with Gasteiger partial charge in [0.2, 0.25) is 0 Å². The van der Waals surface area contributed by atoms with Crippen molar-refractivity contribution in [2.24, 2.45) is 0 Å². The van der Waals surface area contributed by atoms with Gasteiger partial charge in [0.1, 0.15) is 17.1 Å². The summed E-state index contributed by atoms with van der Waals surface area (Å²) >= 11 is 6.38. The number of hydrogen-bond acceptors (Lipinski definition) is 4. The van der Waals surface area contributed by atoms with Crippen molar-refractivity contribution in [3.63, 3.8) is 0 Å². The number of nitrogens with zero attached hydrogens (tertiary/aromatic N) is 3. The fraction of sp³-hybridized carbons (Fsp3) is 0.294. The molecular weight excluding hydrogens is 312 g/mol. The van der Waals surface area contributed by atoms with Crippen LogP contribution in [0, 0.1) is 0 Å². The van der Waals surface area contributed by atoms with E-state index in [2.05, 4.69) is 20.7 Å². The number of halogens is 1. The second kappa shape index (κ2) is 5.83. The van der Waals surface area contributed by atoms with Crippen LogP contribution in [0.25, 0.3) is 22.2 Å². The Bertz CT molecular complexity index is 838. The summed E-state index contributed by atoms with van der Waals surface area (Å²) in [5.74, 6) is 0. The molecule has 2 aromatic heterocycles. The minimum Gasteiger partial charge on any atom is -0.399 e. The molecule has 118 valence electrons. The van der Waals surface area contributed by atoms with Gasteiger partial charge in [-0.15, -0.1) is 0 Å². The van der Waals surface area contributed by atoms with E-state index in [0.29, 0.717) is 11.2 Å². The maximum Gasteiger partial charge on any atom is 0.145 e. The highest BCUT2D eigenvalue weighted by molar-refractivity contribution is 6.35. The molecule has 0 unspecified atom stereocenters. The molecule has 3 aromatic rings. The fourth-order valence-electron chi connectivity index (χ4n) is 3.17. The third-order valence-corrected chi connectivity index (χ3v) is 4.66. The van der Waals surface area contributed by atoms with Crippen molar-refractivity contribution in [2.45, 2.75) is 18.9 Å². The van der Waals surface area contributed by atoms with E-state index < -0.39 is 0 Å². The van der Waals surface area contributed by atoms with Gasteiger partial charge in [-0.3, -0.25) is 0 Å². The number of nitrogens with two attached hydrogens (primary N) is 1. The smallest absolute Gasteiger partial charge is 0.145 e. The lowest BCUT2D eigenvalue weighted by Crippen LogP contribution is -2.19. The first-order valence-corrected chi connectivity index (χ1v) is 8.06. The predicted octanol–water partition coefficient (Wildman–Crippen LogP) is 3.69. The Morgan fingerprint density at radius 1 is 1.13 bits per heavy atom. The molecule has 5 nitrogen and oxygen atoms in total. The molecule has 0 spiro atoms. The van der Waals surface area contributed by atoms with Gasteiger partial charge >= 0.3 is 0 Å². The Labute approximate surface area is 139 Å². The number of benzene rings is 1. The molecule has 23 heavy (non-hydrogen) atoms. The number of aromatic nitrogens is 3. The minimum absolute atomic E-state index is 0.375. The van der Waals surface area contributed by atoms with Crippen LogP contribution in [0.5, 0.6) is 0 Å². The Balaban J connectivity index is 1.91. The molecule has 2 N–H and O–H groups in total. The first-order chi connectivity index (χ1) is 11.2. The molecule has 3 heterocycles. The Hall–Kier alpha value is -2.11. The lowest BCUT2D eigenvalue weighted by molar-refractivity contribution is 0.0706. The quantitative estimate of drug-likeness (QED) is 0.575. The summed E-state index contributed by atoms with van der Waals surface area (Å²) in [6.45, 7) is 1.56. The number of rotatable bonds is 2. The van der Waals surface area contributed by atoms with Crippen LogP contribution < -0.4 is 5.73 Å². The molecule has 0 aliphatic carbocycles. The highest BCUT2D eigenvalue weighted by atomic mass is 35.5. The number of ether oxygens (including phenoxy) is 1. The van der Waals surface area contributed by atoms with E-state index in [4.69, 9.17) is 22.1 Å². The van der Waals surface area contributed by atoms with E-state index in [9.17, 15) is 0 Å². The van der Waals surface area contributed by atoms with E-state index in [-0.39, 0.29) is 0 Å². The van der Waals surface area contributed by atoms with Crippen LogP contribution >= 0.6 is 11.6 Å². The van der Waals surface area contributed by atoms with Crippen molar-refractivity contribution in [3.05, 3.63) is 41.9 Å². The summed E-state index contributed by atoms with van der Waals surface area (Å²) in [5.41, 5.74) is 9.52. The largest absolute Gasteiger partial charge is 0.399 e. The lowest BCUT2D eigenvalue weighted by atomic mass is 10.1. The van der Waals surface area contributed by atoms with Crippen molar-refractivity contribution in [1.82, 2.24) is 14.5 Å². The summed E-state index contributed by atoms with van der Waals surface area (Å²) < 4.78 is 7.69. The first-order valence-electron chi connectivity index (χ1n) is 7.69. The zero-order valence-corrected chi connectivity index (χ0v) is 13.3. The second-order valence-electron chi connectivity index (χ2n) is 5.78. The van der Waals surface area contributed by atoms with Crippen LogP contribution in [-0.2, 0) is 4.74 Å². The van der Waals surface area contributed by atoms with Gasteiger partial charge in [0.15, 0.2) is 0 Å². The van der Waals surface area contributed by atoms with Crippen LogP contribution in [0.1, 0.15) is 18.9 Å². The van der Waals surface area contributed by atoms with E-state index in [1.54, 1.807) is 0 Å². The fourth-order valence-corrected chi connectivity index (χ4v) is 3.40. The molecule has 0 bridgehead atoms. The first kappa shape index (κ1) is 14.5. The maximum atomic E-state index is 6.38. The van der Waals surface area contributed by atoms with Crippen LogP contribution in [0.4, 0.5) is 5.69 Å². The van der Waals surface area contributed by atoms with Gasteiger partial charge in [-0.1, -0.05) is 23.7 Å². The molecule has 1 fully saturated rings. The van der Waals surface area contributed by atoms with Crippen molar-refractivity contribution in [2.75, 3.05) is 18.9 Å². The highest BCUT2D eigenvalue weighted by Crippen LogP contribution is 2.37. The number of fused-ring (bicyclic) bond motifs is 1. The van der Waals surface area contributed by atoms with Crippen molar-refractivity contribution < 1.29 is 4.74 Å². The van der Waals surface area contributed by atoms with Crippen molar-refractivity contribution >= 4 is 28.3 Å². The van der Waals surface area contributed by atoms with Gasteiger partial charge in [-0.25, -0.2) is 9.97 Å². The molecule has 1 aromatic carbocycles. The van der Waals surface area contributed by atoms with Crippen LogP contribution in [0.2, 0.25) is 5.15 Å². The van der Waals surface area contributed by atoms with Gasteiger partial charge in [0, 0.05) is 36.7 Å². The summed E-state index contributed by atoms with van der Waals surface area (Å²) in [6, 6.07) is 8.17. The van der Waals surface area contributed by atoms with Crippen molar-refractivity contribution in [1.29, 1.82) is 0 Å². The van der Waals surface area contributed by atoms with Gasteiger partial charge in [-0.2, -0.15) is 0 Å². The highest BCUT2D eigenvalue weighted by Gasteiger charge is 2.22. The third kappa shape index (κ3) is 2.56. The lowest BCUT2D eigenvalue weighted by Gasteiger charge is -2.24.